The van der Waals surface area contributed by atoms with Crippen LogP contribution in [-0.2, 0) is 4.79 Å². The molecule has 23 heavy (non-hydrogen) atoms. The van der Waals surface area contributed by atoms with E-state index in [1.807, 2.05) is 13.8 Å². The number of nitrogens with two attached hydrogens (primary N) is 1. The molecule has 1 aromatic carbocycles. The van der Waals surface area contributed by atoms with Gasteiger partial charge in [-0.3, -0.25) is 4.79 Å². The molecule has 1 unspecified atom stereocenters. The van der Waals surface area contributed by atoms with E-state index >= 15 is 0 Å². The molecule has 7 heteroatoms. The molecule has 0 bridgehead atoms. The smallest absolute Gasteiger partial charge is 0.241 e. The molecule has 0 fully saturated rings. The average molecular weight is 321 g/mol. The Morgan fingerprint density at radius 1 is 1.48 bits per heavy atom. The highest BCUT2D eigenvalue weighted by atomic mass is 19.1. The Bertz CT molecular complexity index is 671. The third-order valence-electron chi connectivity index (χ3n) is 3.31. The maximum atomic E-state index is 14.3. The van der Waals surface area contributed by atoms with Gasteiger partial charge in [0.2, 0.25) is 5.91 Å². The quantitative estimate of drug-likeness (QED) is 0.854. The minimum absolute atomic E-state index is 0.00863. The Kier molecular flexibility index (Phi) is 5.33. The van der Waals surface area contributed by atoms with Gasteiger partial charge in [0, 0.05) is 6.07 Å². The number of benzene rings is 1. The lowest BCUT2D eigenvalue weighted by atomic mass is 10.0. The highest BCUT2D eigenvalue weighted by molar-refractivity contribution is 5.95. The van der Waals surface area contributed by atoms with Gasteiger partial charge >= 0.3 is 0 Å². The lowest BCUT2D eigenvalue weighted by Crippen LogP contribution is -2.36. The monoisotopic (exact) mass is 321 g/mol. The standard InChI is InChI=1S/C16H20FN3O3/c1-9(2)4-12(18)16(21)20-13-6-14(22-3)10(5-11(13)17)15-7-19-8-23-15/h5-9,12H,4,18H2,1-3H3,(H,20,21). The summed E-state index contributed by atoms with van der Waals surface area (Å²) in [5.74, 6) is -0.0515. The zero-order chi connectivity index (χ0) is 17.0. The number of anilines is 1. The van der Waals surface area contributed by atoms with Crippen LogP contribution in [0.25, 0.3) is 11.3 Å². The van der Waals surface area contributed by atoms with Gasteiger partial charge < -0.3 is 20.2 Å². The summed E-state index contributed by atoms with van der Waals surface area (Å²) >= 11 is 0. The minimum Gasteiger partial charge on any atom is -0.496 e. The topological polar surface area (TPSA) is 90.4 Å². The third-order valence-corrected chi connectivity index (χ3v) is 3.31. The van der Waals surface area contributed by atoms with E-state index in [4.69, 9.17) is 14.9 Å². The zero-order valence-electron chi connectivity index (χ0n) is 13.3. The lowest BCUT2D eigenvalue weighted by Gasteiger charge is -2.16. The van der Waals surface area contributed by atoms with Gasteiger partial charge in [0.1, 0.15) is 11.6 Å². The number of amides is 1. The van der Waals surface area contributed by atoms with Gasteiger partial charge in [0.05, 0.1) is 30.6 Å². The number of oxazole rings is 1. The van der Waals surface area contributed by atoms with Gasteiger partial charge in [-0.05, 0) is 18.4 Å². The molecule has 3 N–H and O–H groups in total. The van der Waals surface area contributed by atoms with Crippen LogP contribution in [0.1, 0.15) is 20.3 Å². The van der Waals surface area contributed by atoms with Crippen molar-refractivity contribution in [3.8, 4) is 17.1 Å². The molecule has 1 heterocycles. The van der Waals surface area contributed by atoms with Crippen LogP contribution >= 0.6 is 0 Å². The van der Waals surface area contributed by atoms with E-state index in [1.54, 1.807) is 0 Å². The number of hydrogen-bond donors (Lipinski definition) is 2. The molecular weight excluding hydrogens is 301 g/mol. The Balaban J connectivity index is 2.25. The van der Waals surface area contributed by atoms with Crippen molar-refractivity contribution in [1.82, 2.24) is 4.98 Å². The number of hydrogen-bond acceptors (Lipinski definition) is 5. The Morgan fingerprint density at radius 2 is 2.22 bits per heavy atom. The lowest BCUT2D eigenvalue weighted by molar-refractivity contribution is -0.117. The second-order valence-corrected chi connectivity index (χ2v) is 5.62. The zero-order valence-corrected chi connectivity index (χ0v) is 13.3. The Morgan fingerprint density at radius 3 is 2.78 bits per heavy atom. The van der Waals surface area contributed by atoms with E-state index in [0.29, 0.717) is 23.5 Å². The van der Waals surface area contributed by atoms with Crippen molar-refractivity contribution in [2.24, 2.45) is 11.7 Å². The third kappa shape index (κ3) is 4.07. The largest absolute Gasteiger partial charge is 0.496 e. The van der Waals surface area contributed by atoms with Crippen LogP contribution in [0.4, 0.5) is 10.1 Å². The van der Waals surface area contributed by atoms with E-state index in [1.165, 1.54) is 31.8 Å². The normalized spacial score (nSPS) is 12.3. The molecule has 0 radical (unpaired) electrons. The molecule has 2 aromatic rings. The van der Waals surface area contributed by atoms with Crippen LogP contribution in [0, 0.1) is 11.7 Å². The number of halogens is 1. The minimum atomic E-state index is -0.700. The predicted octanol–water partition coefficient (Wildman–Crippen LogP) is 2.80. The van der Waals surface area contributed by atoms with Crippen LogP contribution < -0.4 is 15.8 Å². The van der Waals surface area contributed by atoms with E-state index in [-0.39, 0.29) is 11.6 Å². The van der Waals surface area contributed by atoms with Gasteiger partial charge in [-0.15, -0.1) is 0 Å². The molecule has 1 aromatic heterocycles. The van der Waals surface area contributed by atoms with Crippen molar-refractivity contribution in [3.63, 3.8) is 0 Å². The van der Waals surface area contributed by atoms with Crippen LogP contribution in [-0.4, -0.2) is 24.0 Å². The Labute approximate surface area is 133 Å². The summed E-state index contributed by atoms with van der Waals surface area (Å²) in [6.07, 6.45) is 3.21. The molecule has 0 aliphatic carbocycles. The van der Waals surface area contributed by atoms with E-state index in [0.717, 1.165) is 0 Å². The van der Waals surface area contributed by atoms with Crippen molar-refractivity contribution in [2.45, 2.75) is 26.3 Å². The first-order chi connectivity index (χ1) is 10.9. The first-order valence-corrected chi connectivity index (χ1v) is 7.25. The van der Waals surface area contributed by atoms with Crippen molar-refractivity contribution in [3.05, 3.63) is 30.5 Å². The van der Waals surface area contributed by atoms with Gasteiger partial charge in [0.15, 0.2) is 12.2 Å². The van der Waals surface area contributed by atoms with Crippen molar-refractivity contribution in [1.29, 1.82) is 0 Å². The second kappa shape index (κ2) is 7.23. The number of methoxy groups -OCH3 is 1. The molecule has 1 amide bonds. The molecule has 1 atom stereocenters. The highest BCUT2D eigenvalue weighted by Crippen LogP contribution is 2.34. The fraction of sp³-hybridized carbons (Fsp3) is 0.375. The summed E-state index contributed by atoms with van der Waals surface area (Å²) < 4.78 is 24.7. The number of nitrogens with one attached hydrogen (secondary N) is 1. The van der Waals surface area contributed by atoms with E-state index < -0.39 is 17.8 Å². The molecular formula is C16H20FN3O3. The van der Waals surface area contributed by atoms with E-state index in [2.05, 4.69) is 10.3 Å². The first kappa shape index (κ1) is 17.0. The fourth-order valence-electron chi connectivity index (χ4n) is 2.20. The van der Waals surface area contributed by atoms with E-state index in [9.17, 15) is 9.18 Å². The highest BCUT2D eigenvalue weighted by Gasteiger charge is 2.19. The molecule has 124 valence electrons. The molecule has 0 spiro atoms. The number of rotatable bonds is 6. The molecule has 0 aliphatic heterocycles. The number of carbonyl (C=O) groups excluding carboxylic acids is 1. The van der Waals surface area contributed by atoms with Crippen LogP contribution in [0.15, 0.2) is 29.1 Å². The maximum absolute atomic E-state index is 14.3. The summed E-state index contributed by atoms with van der Waals surface area (Å²) in [5.41, 5.74) is 6.22. The number of aromatic nitrogens is 1. The van der Waals surface area contributed by atoms with Crippen molar-refractivity contribution < 1.29 is 18.3 Å². The van der Waals surface area contributed by atoms with Gasteiger partial charge in [-0.1, -0.05) is 13.8 Å². The van der Waals surface area contributed by atoms with Crippen LogP contribution in [0.2, 0.25) is 0 Å². The molecule has 2 rings (SSSR count). The number of ether oxygens (including phenoxy) is 1. The number of carbonyl (C=O) groups is 1. The second-order valence-electron chi connectivity index (χ2n) is 5.62. The van der Waals surface area contributed by atoms with Gasteiger partial charge in [-0.25, -0.2) is 9.37 Å². The summed E-state index contributed by atoms with van der Waals surface area (Å²) in [6, 6.07) is 1.92. The first-order valence-electron chi connectivity index (χ1n) is 7.25. The maximum Gasteiger partial charge on any atom is 0.241 e. The number of nitrogens with zero attached hydrogens (tertiary/aromatic N) is 1. The van der Waals surface area contributed by atoms with Crippen LogP contribution in [0.5, 0.6) is 5.75 Å². The SMILES string of the molecule is COc1cc(NC(=O)C(N)CC(C)C)c(F)cc1-c1cnco1. The Hall–Kier alpha value is -2.41. The predicted molar refractivity (Wildman–Crippen MR) is 84.5 cm³/mol. The summed E-state index contributed by atoms with van der Waals surface area (Å²) in [5, 5.41) is 2.50. The summed E-state index contributed by atoms with van der Waals surface area (Å²) in [7, 11) is 1.45. The molecule has 0 saturated heterocycles. The van der Waals surface area contributed by atoms with Crippen molar-refractivity contribution >= 4 is 11.6 Å². The summed E-state index contributed by atoms with van der Waals surface area (Å²) in [6.45, 7) is 3.92. The molecule has 0 aliphatic rings. The molecule has 6 nitrogen and oxygen atoms in total. The molecule has 0 saturated carbocycles. The van der Waals surface area contributed by atoms with Gasteiger partial charge in [0.25, 0.3) is 0 Å². The van der Waals surface area contributed by atoms with Crippen LogP contribution in [0.3, 0.4) is 0 Å². The summed E-state index contributed by atoms with van der Waals surface area (Å²) in [4.78, 5) is 15.8. The van der Waals surface area contributed by atoms with Crippen molar-refractivity contribution in [2.75, 3.05) is 12.4 Å². The average Bonchev–Trinajstić information content (AvgIpc) is 3.02. The van der Waals surface area contributed by atoms with Gasteiger partial charge in [-0.2, -0.15) is 0 Å². The fourth-order valence-corrected chi connectivity index (χ4v) is 2.20.